The third-order valence-electron chi connectivity index (χ3n) is 8.20. The highest BCUT2D eigenvalue weighted by Crippen LogP contribution is 2.52. The zero-order valence-corrected chi connectivity index (χ0v) is 18.8. The summed E-state index contributed by atoms with van der Waals surface area (Å²) in [6.07, 6.45) is 4.64. The van der Waals surface area contributed by atoms with Crippen molar-refractivity contribution in [3.05, 3.63) is 69.4 Å². The average molecular weight is 448 g/mol. The summed E-state index contributed by atoms with van der Waals surface area (Å²) in [4.78, 5) is 16.9. The monoisotopic (exact) mass is 447 g/mol. The van der Waals surface area contributed by atoms with E-state index in [1.165, 1.54) is 12.8 Å². The van der Waals surface area contributed by atoms with Gasteiger partial charge in [0.2, 0.25) is 0 Å². The minimum absolute atomic E-state index is 0.0790. The second-order valence-corrected chi connectivity index (χ2v) is 10.2. The molecule has 2 unspecified atom stereocenters. The number of β-amino-alcohol motifs (C(OH)–C–C–N with tert-alkyl or cyclic N) is 1. The van der Waals surface area contributed by atoms with Gasteiger partial charge in [0.1, 0.15) is 5.75 Å². The van der Waals surface area contributed by atoms with Crippen LogP contribution in [-0.2, 0) is 18.3 Å². The summed E-state index contributed by atoms with van der Waals surface area (Å²) in [6.45, 7) is 2.65. The molecule has 2 aromatic carbocycles. The van der Waals surface area contributed by atoms with E-state index < -0.39 is 11.0 Å². The third-order valence-corrected chi connectivity index (χ3v) is 8.20. The molecule has 0 bridgehead atoms. The highest BCUT2D eigenvalue weighted by molar-refractivity contribution is 5.87. The number of aromatic amines is 1. The largest absolute Gasteiger partial charge is 0.497 e. The molecule has 2 heterocycles. The number of nitrogens with one attached hydrogen (secondary N) is 1. The average Bonchev–Trinajstić information content (AvgIpc) is 3.56. The standard InChI is InChI=1S/C26H29N3O4/c1-33-20-4-2-3-18(11-20)25-9-10-28(15-17-5-6-17)16-26(25,30)13-22-21-8-7-19(29(31)32)12-23(21)27-24(22)14-25/h2-4,7-8,11-12,17,27,30H,5-6,9-10,13-16H2,1H3. The Morgan fingerprint density at radius 3 is 2.85 bits per heavy atom. The van der Waals surface area contributed by atoms with Crippen LogP contribution in [0.15, 0.2) is 42.5 Å². The molecule has 1 saturated heterocycles. The Morgan fingerprint density at radius 2 is 2.09 bits per heavy atom. The lowest BCUT2D eigenvalue weighted by Gasteiger charge is -2.56. The summed E-state index contributed by atoms with van der Waals surface area (Å²) in [5.41, 5.74) is 2.74. The lowest BCUT2D eigenvalue weighted by atomic mass is 9.56. The SMILES string of the molecule is COc1cccc(C23CCN(CC4CC4)CC2(O)Cc2c([nH]c4cc([N+](=O)[O-])ccc24)C3)c1. The maximum absolute atomic E-state index is 12.4. The van der Waals surface area contributed by atoms with Gasteiger partial charge in [-0.2, -0.15) is 0 Å². The van der Waals surface area contributed by atoms with Crippen molar-refractivity contribution in [1.29, 1.82) is 0 Å². The van der Waals surface area contributed by atoms with E-state index in [9.17, 15) is 15.2 Å². The molecule has 0 amide bonds. The van der Waals surface area contributed by atoms with Gasteiger partial charge < -0.3 is 19.7 Å². The van der Waals surface area contributed by atoms with E-state index in [-0.39, 0.29) is 10.6 Å². The molecule has 1 aromatic heterocycles. The predicted molar refractivity (Wildman–Crippen MR) is 126 cm³/mol. The quantitative estimate of drug-likeness (QED) is 0.456. The van der Waals surface area contributed by atoms with Crippen molar-refractivity contribution in [2.45, 2.75) is 43.1 Å². The van der Waals surface area contributed by atoms with Gasteiger partial charge in [0, 0.05) is 54.6 Å². The van der Waals surface area contributed by atoms with Crippen LogP contribution in [0.3, 0.4) is 0 Å². The first-order chi connectivity index (χ1) is 15.9. The molecule has 7 heteroatoms. The molecule has 2 aliphatic carbocycles. The number of rotatable bonds is 5. The zero-order chi connectivity index (χ0) is 22.8. The van der Waals surface area contributed by atoms with E-state index >= 15 is 0 Å². The first-order valence-electron chi connectivity index (χ1n) is 11.8. The van der Waals surface area contributed by atoms with E-state index in [2.05, 4.69) is 22.0 Å². The smallest absolute Gasteiger partial charge is 0.271 e. The van der Waals surface area contributed by atoms with Gasteiger partial charge in [0.15, 0.2) is 0 Å². The van der Waals surface area contributed by atoms with E-state index in [1.54, 1.807) is 19.2 Å². The summed E-state index contributed by atoms with van der Waals surface area (Å²) in [5, 5.41) is 24.7. The molecule has 3 aromatic rings. The summed E-state index contributed by atoms with van der Waals surface area (Å²) >= 11 is 0. The maximum atomic E-state index is 12.4. The number of aliphatic hydroxyl groups is 1. The maximum Gasteiger partial charge on any atom is 0.271 e. The van der Waals surface area contributed by atoms with Crippen LogP contribution < -0.4 is 4.74 Å². The Bertz CT molecular complexity index is 1250. The fourth-order valence-electron chi connectivity index (χ4n) is 6.28. The van der Waals surface area contributed by atoms with Crippen molar-refractivity contribution in [2.75, 3.05) is 26.7 Å². The number of piperidine rings is 1. The van der Waals surface area contributed by atoms with Crippen molar-refractivity contribution in [3.8, 4) is 5.75 Å². The second-order valence-electron chi connectivity index (χ2n) is 10.2. The van der Waals surface area contributed by atoms with Crippen molar-refractivity contribution in [1.82, 2.24) is 9.88 Å². The fourth-order valence-corrected chi connectivity index (χ4v) is 6.28. The van der Waals surface area contributed by atoms with E-state index in [4.69, 9.17) is 4.74 Å². The number of fused-ring (bicyclic) bond motifs is 4. The normalized spacial score (nSPS) is 27.2. The predicted octanol–water partition coefficient (Wildman–Crippen LogP) is 3.97. The van der Waals surface area contributed by atoms with Crippen LogP contribution in [0.1, 0.15) is 36.1 Å². The van der Waals surface area contributed by atoms with E-state index in [1.807, 2.05) is 18.2 Å². The van der Waals surface area contributed by atoms with Gasteiger partial charge in [0.05, 0.1) is 23.2 Å². The Morgan fingerprint density at radius 1 is 1.24 bits per heavy atom. The Labute approximate surface area is 192 Å². The lowest BCUT2D eigenvalue weighted by molar-refractivity contribution is -0.384. The van der Waals surface area contributed by atoms with E-state index in [0.717, 1.165) is 58.9 Å². The number of likely N-dealkylation sites (tertiary alicyclic amines) is 1. The Balaban J connectivity index is 1.48. The first kappa shape index (κ1) is 20.7. The van der Waals surface area contributed by atoms with Crippen LogP contribution in [0.25, 0.3) is 10.9 Å². The zero-order valence-electron chi connectivity index (χ0n) is 18.8. The first-order valence-corrected chi connectivity index (χ1v) is 11.8. The molecule has 1 aliphatic heterocycles. The van der Waals surface area contributed by atoms with Gasteiger partial charge in [-0.1, -0.05) is 12.1 Å². The highest BCUT2D eigenvalue weighted by atomic mass is 16.6. The molecular formula is C26H29N3O4. The van der Waals surface area contributed by atoms with Crippen molar-refractivity contribution < 1.29 is 14.8 Å². The lowest BCUT2D eigenvalue weighted by Crippen LogP contribution is -2.66. The molecule has 2 N–H and O–H groups in total. The molecule has 7 nitrogen and oxygen atoms in total. The number of methoxy groups -OCH3 is 1. The molecule has 0 spiro atoms. The number of aromatic nitrogens is 1. The minimum atomic E-state index is -0.934. The minimum Gasteiger partial charge on any atom is -0.497 e. The van der Waals surface area contributed by atoms with Gasteiger partial charge in [-0.05, 0) is 61.1 Å². The summed E-state index contributed by atoms with van der Waals surface area (Å²) in [7, 11) is 1.67. The van der Waals surface area contributed by atoms with Gasteiger partial charge in [0.25, 0.3) is 5.69 Å². The number of ether oxygens (including phenoxy) is 1. The van der Waals surface area contributed by atoms with Crippen molar-refractivity contribution >= 4 is 16.6 Å². The van der Waals surface area contributed by atoms with E-state index in [0.29, 0.717) is 19.4 Å². The summed E-state index contributed by atoms with van der Waals surface area (Å²) in [6, 6.07) is 13.1. The summed E-state index contributed by atoms with van der Waals surface area (Å²) in [5.74, 6) is 1.56. The third kappa shape index (κ3) is 3.25. The Hall–Kier alpha value is -2.90. The number of H-pyrrole nitrogens is 1. The molecule has 6 rings (SSSR count). The number of benzene rings is 2. The molecule has 2 atom stereocenters. The second kappa shape index (κ2) is 7.30. The molecule has 1 saturated carbocycles. The van der Waals surface area contributed by atoms with Crippen molar-refractivity contribution in [3.63, 3.8) is 0 Å². The molecule has 33 heavy (non-hydrogen) atoms. The topological polar surface area (TPSA) is 91.6 Å². The van der Waals surface area contributed by atoms with Gasteiger partial charge >= 0.3 is 0 Å². The summed E-state index contributed by atoms with van der Waals surface area (Å²) < 4.78 is 5.53. The van der Waals surface area contributed by atoms with Crippen LogP contribution >= 0.6 is 0 Å². The Kier molecular flexibility index (Phi) is 4.58. The van der Waals surface area contributed by atoms with Gasteiger partial charge in [-0.25, -0.2) is 0 Å². The molecular weight excluding hydrogens is 418 g/mol. The van der Waals surface area contributed by atoms with Crippen LogP contribution in [0.5, 0.6) is 5.75 Å². The number of nitro groups is 1. The van der Waals surface area contributed by atoms with Crippen LogP contribution in [0.4, 0.5) is 5.69 Å². The number of nitrogens with zero attached hydrogens (tertiary/aromatic N) is 2. The van der Waals surface area contributed by atoms with Crippen LogP contribution in [0, 0.1) is 16.0 Å². The number of non-ortho nitro benzene ring substituents is 1. The van der Waals surface area contributed by atoms with Gasteiger partial charge in [-0.3, -0.25) is 10.1 Å². The van der Waals surface area contributed by atoms with Crippen LogP contribution in [-0.4, -0.2) is 52.3 Å². The number of nitro benzene ring substituents is 1. The van der Waals surface area contributed by atoms with Crippen LogP contribution in [0.2, 0.25) is 0 Å². The number of hydrogen-bond acceptors (Lipinski definition) is 5. The van der Waals surface area contributed by atoms with Gasteiger partial charge in [-0.15, -0.1) is 0 Å². The molecule has 0 radical (unpaired) electrons. The molecule has 3 aliphatic rings. The number of hydrogen-bond donors (Lipinski definition) is 2. The van der Waals surface area contributed by atoms with Crippen molar-refractivity contribution in [2.24, 2.45) is 5.92 Å². The molecule has 2 fully saturated rings. The highest BCUT2D eigenvalue weighted by Gasteiger charge is 2.57. The molecule has 172 valence electrons. The fraction of sp³-hybridized carbons (Fsp3) is 0.462.